The number of hydrogen-bond donors (Lipinski definition) is 2. The molecule has 1 aliphatic rings. The molecule has 1 aromatic carbocycles. The van der Waals surface area contributed by atoms with Crippen LogP contribution in [0.1, 0.15) is 18.9 Å². The molecule has 5 nitrogen and oxygen atoms in total. The zero-order valence-corrected chi connectivity index (χ0v) is 11.4. The van der Waals surface area contributed by atoms with Gasteiger partial charge in [0, 0.05) is 13.0 Å². The number of carboxylic acid groups (broad SMARTS) is 1. The quantitative estimate of drug-likeness (QED) is 0.840. The third-order valence-corrected chi connectivity index (χ3v) is 3.47. The number of halogens is 2. The highest BCUT2D eigenvalue weighted by atomic mass is 19.3. The zero-order chi connectivity index (χ0) is 15.7. The van der Waals surface area contributed by atoms with Crippen molar-refractivity contribution in [3.63, 3.8) is 0 Å². The van der Waals surface area contributed by atoms with E-state index in [1.807, 2.05) is 0 Å². The normalized spacial score (nSPS) is 22.4. The van der Waals surface area contributed by atoms with E-state index in [1.54, 1.807) is 24.3 Å². The minimum absolute atomic E-state index is 0.0781. The average molecular weight is 299 g/mol. The SMILES string of the molecule is CC1(C(=O)NCc2cccc(OCC(=O)O)c2)CC1(F)F. The third kappa shape index (κ3) is 3.29. The fourth-order valence-corrected chi connectivity index (χ4v) is 1.91. The topological polar surface area (TPSA) is 75.6 Å². The molecule has 114 valence electrons. The lowest BCUT2D eigenvalue weighted by molar-refractivity contribution is -0.139. The summed E-state index contributed by atoms with van der Waals surface area (Å²) < 4.78 is 31.1. The van der Waals surface area contributed by atoms with E-state index >= 15 is 0 Å². The molecule has 0 aliphatic heterocycles. The summed E-state index contributed by atoms with van der Waals surface area (Å²) in [5.41, 5.74) is -0.983. The molecule has 2 N–H and O–H groups in total. The molecule has 0 saturated heterocycles. The Morgan fingerprint density at radius 1 is 1.43 bits per heavy atom. The van der Waals surface area contributed by atoms with E-state index in [0.29, 0.717) is 11.3 Å². The average Bonchev–Trinajstić information content (AvgIpc) is 2.94. The molecule has 0 bridgehead atoms. The van der Waals surface area contributed by atoms with Crippen LogP contribution in [-0.4, -0.2) is 29.5 Å². The van der Waals surface area contributed by atoms with Crippen molar-refractivity contribution in [1.29, 1.82) is 0 Å². The monoisotopic (exact) mass is 299 g/mol. The Morgan fingerprint density at radius 3 is 2.67 bits per heavy atom. The highest BCUT2D eigenvalue weighted by Crippen LogP contribution is 2.60. The predicted octanol–water partition coefficient (Wildman–Crippen LogP) is 1.81. The maximum Gasteiger partial charge on any atom is 0.341 e. The number of aliphatic carboxylic acids is 1. The van der Waals surface area contributed by atoms with Crippen molar-refractivity contribution in [2.45, 2.75) is 25.8 Å². The predicted molar refractivity (Wildman–Crippen MR) is 69.1 cm³/mol. The Labute approximate surface area is 119 Å². The molecular formula is C14H15F2NO4. The molecule has 0 heterocycles. The van der Waals surface area contributed by atoms with Crippen LogP contribution in [0.3, 0.4) is 0 Å². The van der Waals surface area contributed by atoms with Crippen molar-refractivity contribution in [1.82, 2.24) is 5.32 Å². The van der Waals surface area contributed by atoms with Gasteiger partial charge in [-0.05, 0) is 24.6 Å². The molecule has 21 heavy (non-hydrogen) atoms. The lowest BCUT2D eigenvalue weighted by Crippen LogP contribution is -2.33. The lowest BCUT2D eigenvalue weighted by atomic mass is 10.1. The largest absolute Gasteiger partial charge is 0.482 e. The van der Waals surface area contributed by atoms with Crippen LogP contribution in [0.4, 0.5) is 8.78 Å². The first kappa shape index (κ1) is 15.2. The van der Waals surface area contributed by atoms with Crippen LogP contribution in [0, 0.1) is 5.41 Å². The highest BCUT2D eigenvalue weighted by Gasteiger charge is 2.72. The van der Waals surface area contributed by atoms with E-state index in [0.717, 1.165) is 0 Å². The third-order valence-electron chi connectivity index (χ3n) is 3.47. The molecule has 1 fully saturated rings. The molecule has 1 atom stereocenters. The Balaban J connectivity index is 1.90. The van der Waals surface area contributed by atoms with E-state index < -0.39 is 36.2 Å². The fourth-order valence-electron chi connectivity index (χ4n) is 1.91. The minimum atomic E-state index is -2.94. The zero-order valence-electron chi connectivity index (χ0n) is 11.4. The van der Waals surface area contributed by atoms with Crippen molar-refractivity contribution in [3.05, 3.63) is 29.8 Å². The number of nitrogens with one attached hydrogen (secondary N) is 1. The molecule has 1 aliphatic carbocycles. The first-order valence-corrected chi connectivity index (χ1v) is 6.34. The number of ether oxygens (including phenoxy) is 1. The molecule has 0 spiro atoms. The summed E-state index contributed by atoms with van der Waals surface area (Å²) >= 11 is 0. The van der Waals surface area contributed by atoms with Crippen LogP contribution in [-0.2, 0) is 16.1 Å². The van der Waals surface area contributed by atoms with E-state index in [-0.39, 0.29) is 6.54 Å². The van der Waals surface area contributed by atoms with Crippen molar-refractivity contribution in [2.75, 3.05) is 6.61 Å². The molecule has 2 rings (SSSR count). The molecule has 1 saturated carbocycles. The van der Waals surface area contributed by atoms with Gasteiger partial charge in [-0.15, -0.1) is 0 Å². The number of carbonyl (C=O) groups excluding carboxylic acids is 1. The number of benzene rings is 1. The molecule has 0 aromatic heterocycles. The van der Waals surface area contributed by atoms with Gasteiger partial charge in [0.25, 0.3) is 5.92 Å². The summed E-state index contributed by atoms with van der Waals surface area (Å²) in [6.45, 7) is 0.837. The molecule has 7 heteroatoms. The van der Waals surface area contributed by atoms with E-state index in [4.69, 9.17) is 9.84 Å². The second-order valence-electron chi connectivity index (χ2n) is 5.23. The Morgan fingerprint density at radius 2 is 2.10 bits per heavy atom. The summed E-state index contributed by atoms with van der Waals surface area (Å²) in [5, 5.41) is 11.0. The number of carbonyl (C=O) groups is 2. The number of rotatable bonds is 6. The highest BCUT2D eigenvalue weighted by molar-refractivity contribution is 5.86. The van der Waals surface area contributed by atoms with Crippen LogP contribution in [0.15, 0.2) is 24.3 Å². The number of hydrogen-bond acceptors (Lipinski definition) is 3. The number of carboxylic acids is 1. The molecule has 1 aromatic rings. The summed E-state index contributed by atoms with van der Waals surface area (Å²) in [6, 6.07) is 6.44. The fraction of sp³-hybridized carbons (Fsp3) is 0.429. The van der Waals surface area contributed by atoms with Gasteiger partial charge in [0.2, 0.25) is 5.91 Å². The molecule has 0 radical (unpaired) electrons. The van der Waals surface area contributed by atoms with Crippen molar-refractivity contribution >= 4 is 11.9 Å². The lowest BCUT2D eigenvalue weighted by Gasteiger charge is -2.12. The first-order valence-electron chi connectivity index (χ1n) is 6.34. The van der Waals surface area contributed by atoms with Crippen LogP contribution in [0.5, 0.6) is 5.75 Å². The summed E-state index contributed by atoms with van der Waals surface area (Å²) in [5.74, 6) is -4.39. The van der Waals surface area contributed by atoms with Crippen molar-refractivity contribution < 1.29 is 28.2 Å². The number of alkyl halides is 2. The Hall–Kier alpha value is -2.18. The summed E-state index contributed by atoms with van der Waals surface area (Å²) in [7, 11) is 0. The van der Waals surface area contributed by atoms with E-state index in [9.17, 15) is 18.4 Å². The van der Waals surface area contributed by atoms with Gasteiger partial charge in [-0.1, -0.05) is 12.1 Å². The Bertz CT molecular complexity index is 576. The number of amides is 1. The molecular weight excluding hydrogens is 284 g/mol. The van der Waals surface area contributed by atoms with Gasteiger partial charge in [-0.25, -0.2) is 13.6 Å². The van der Waals surface area contributed by atoms with Gasteiger partial charge in [-0.2, -0.15) is 0 Å². The van der Waals surface area contributed by atoms with Gasteiger partial charge in [0.05, 0.1) is 0 Å². The molecule has 1 unspecified atom stereocenters. The second-order valence-corrected chi connectivity index (χ2v) is 5.23. The maximum absolute atomic E-state index is 13.1. The van der Waals surface area contributed by atoms with Gasteiger partial charge in [-0.3, -0.25) is 4.79 Å². The van der Waals surface area contributed by atoms with Crippen LogP contribution < -0.4 is 10.1 Å². The van der Waals surface area contributed by atoms with Crippen LogP contribution in [0.25, 0.3) is 0 Å². The van der Waals surface area contributed by atoms with E-state index in [1.165, 1.54) is 6.92 Å². The first-order chi connectivity index (χ1) is 9.74. The van der Waals surface area contributed by atoms with E-state index in [2.05, 4.69) is 5.32 Å². The van der Waals surface area contributed by atoms with Gasteiger partial charge >= 0.3 is 5.97 Å². The summed E-state index contributed by atoms with van der Waals surface area (Å²) in [6.07, 6.45) is -0.437. The van der Waals surface area contributed by atoms with Gasteiger partial charge in [0.15, 0.2) is 6.61 Å². The summed E-state index contributed by atoms with van der Waals surface area (Å²) in [4.78, 5) is 22.1. The Kier molecular flexibility index (Phi) is 3.85. The smallest absolute Gasteiger partial charge is 0.341 e. The minimum Gasteiger partial charge on any atom is -0.482 e. The van der Waals surface area contributed by atoms with Gasteiger partial charge in [0.1, 0.15) is 11.2 Å². The van der Waals surface area contributed by atoms with Crippen molar-refractivity contribution in [2.24, 2.45) is 5.41 Å². The standard InChI is InChI=1S/C14H15F2NO4/c1-13(8-14(13,15)16)12(20)17-6-9-3-2-4-10(5-9)21-7-11(18)19/h2-5H,6-8H2,1H3,(H,17,20)(H,18,19). The van der Waals surface area contributed by atoms with Crippen LogP contribution >= 0.6 is 0 Å². The second kappa shape index (κ2) is 5.31. The van der Waals surface area contributed by atoms with Crippen molar-refractivity contribution in [3.8, 4) is 5.75 Å². The maximum atomic E-state index is 13.1. The van der Waals surface area contributed by atoms with Crippen LogP contribution in [0.2, 0.25) is 0 Å². The van der Waals surface area contributed by atoms with Gasteiger partial charge < -0.3 is 15.2 Å². The molecule has 1 amide bonds.